The first kappa shape index (κ1) is 27.8. The van der Waals surface area contributed by atoms with Crippen LogP contribution in [0.1, 0.15) is 36.2 Å². The summed E-state index contributed by atoms with van der Waals surface area (Å²) in [6.07, 6.45) is 1.57. The summed E-state index contributed by atoms with van der Waals surface area (Å²) in [5, 5.41) is 2.89. The molecule has 9 heteroatoms. The number of hydrogen-bond acceptors (Lipinski definition) is 6. The number of anilines is 2. The minimum absolute atomic E-state index is 0.0476. The normalized spacial score (nSPS) is 12.6. The number of nitrogens with zero attached hydrogens (tertiary/aromatic N) is 3. The van der Waals surface area contributed by atoms with E-state index in [1.54, 1.807) is 62.6 Å². The van der Waals surface area contributed by atoms with E-state index in [2.05, 4.69) is 10.3 Å². The lowest BCUT2D eigenvalue weighted by molar-refractivity contribution is -0.117. The van der Waals surface area contributed by atoms with Crippen molar-refractivity contribution in [2.45, 2.75) is 27.2 Å². The average Bonchev–Trinajstić information content (AvgIpc) is 3.38. The fraction of sp³-hybridized carbons (Fsp3) is 0.300. The molecule has 0 aliphatic carbocycles. The van der Waals surface area contributed by atoms with Gasteiger partial charge in [-0.1, -0.05) is 6.07 Å². The van der Waals surface area contributed by atoms with E-state index in [-0.39, 0.29) is 16.2 Å². The fourth-order valence-corrected chi connectivity index (χ4v) is 4.72. The topological polar surface area (TPSA) is 84.7 Å². The molecule has 1 N–H and O–H groups in total. The van der Waals surface area contributed by atoms with Gasteiger partial charge in [0, 0.05) is 42.4 Å². The molecule has 0 bridgehead atoms. The van der Waals surface area contributed by atoms with Gasteiger partial charge in [-0.25, -0.2) is 13.7 Å². The van der Waals surface area contributed by atoms with Gasteiger partial charge in [0.05, 0.1) is 20.2 Å². The monoisotopic (exact) mass is 533 g/mol. The first-order valence-corrected chi connectivity index (χ1v) is 13.0. The van der Waals surface area contributed by atoms with Crippen LogP contribution in [0.15, 0.2) is 65.1 Å². The molecule has 0 aliphatic rings. The lowest BCUT2D eigenvalue weighted by Crippen LogP contribution is -2.50. The quantitative estimate of drug-likeness (QED) is 0.179. The maximum atomic E-state index is 14.2. The molecular formula is C30H34FN4O4+. The highest BCUT2D eigenvalue weighted by molar-refractivity contribution is 6.05. The number of quaternary nitrogens is 1. The number of amides is 2. The van der Waals surface area contributed by atoms with Gasteiger partial charge >= 0.3 is 6.41 Å². The summed E-state index contributed by atoms with van der Waals surface area (Å²) in [6.45, 7) is 7.94. The Morgan fingerprint density at radius 2 is 1.92 bits per heavy atom. The number of benzene rings is 3. The van der Waals surface area contributed by atoms with Crippen LogP contribution in [0.3, 0.4) is 0 Å². The van der Waals surface area contributed by atoms with Crippen molar-refractivity contribution in [1.82, 2.24) is 9.47 Å². The number of rotatable bonds is 12. The Kier molecular flexibility index (Phi) is 8.61. The predicted molar refractivity (Wildman–Crippen MR) is 152 cm³/mol. The molecule has 1 heterocycles. The van der Waals surface area contributed by atoms with Gasteiger partial charge in [-0.2, -0.15) is 4.98 Å². The molecule has 0 fully saturated rings. The molecule has 204 valence electrons. The standard InChI is InChI=1S/C30H33FN4O4/c1-5-34(17-8-18-35(6-2,20-36)27-10-7-9-25(31)21(27)3)30-33-26-19-23(13-16-28(26)39-30)32-29(37)22-11-14-24(38-4)15-12-22/h7,9-16,19-20H,5-6,8,17-18H2,1-4H3/p+1. The van der Waals surface area contributed by atoms with Crippen molar-refractivity contribution in [3.63, 3.8) is 0 Å². The second-order valence-corrected chi connectivity index (χ2v) is 9.36. The Bertz CT molecular complexity index is 1450. The van der Waals surface area contributed by atoms with Gasteiger partial charge < -0.3 is 19.4 Å². The van der Waals surface area contributed by atoms with Gasteiger partial charge in [-0.05, 0) is 69.3 Å². The molecule has 8 nitrogen and oxygen atoms in total. The van der Waals surface area contributed by atoms with E-state index in [1.165, 1.54) is 6.07 Å². The third-order valence-electron chi connectivity index (χ3n) is 7.11. The molecule has 4 rings (SSSR count). The molecule has 4 aromatic rings. The minimum atomic E-state index is -0.313. The van der Waals surface area contributed by atoms with Crippen molar-refractivity contribution in [3.8, 4) is 5.75 Å². The van der Waals surface area contributed by atoms with Crippen LogP contribution in [0.5, 0.6) is 5.75 Å². The lowest BCUT2D eigenvalue weighted by Gasteiger charge is -2.32. The number of nitrogens with one attached hydrogen (secondary N) is 1. The fourth-order valence-electron chi connectivity index (χ4n) is 4.72. The Labute approximate surface area is 227 Å². The Balaban J connectivity index is 1.45. The SMILES string of the molecule is CCN(CCC[N+](C=O)(CC)c1cccc(F)c1C)c1nc2cc(NC(=O)c3ccc(OC)cc3)ccc2o1. The summed E-state index contributed by atoms with van der Waals surface area (Å²) in [5.41, 5.74) is 3.52. The highest BCUT2D eigenvalue weighted by Gasteiger charge is 2.31. The van der Waals surface area contributed by atoms with Crippen molar-refractivity contribution < 1.29 is 23.1 Å². The van der Waals surface area contributed by atoms with Gasteiger partial charge in [0.2, 0.25) is 0 Å². The molecule has 39 heavy (non-hydrogen) atoms. The van der Waals surface area contributed by atoms with E-state index >= 15 is 0 Å². The third-order valence-corrected chi connectivity index (χ3v) is 7.11. The molecule has 2 amide bonds. The van der Waals surface area contributed by atoms with Crippen molar-refractivity contribution in [3.05, 3.63) is 77.6 Å². The van der Waals surface area contributed by atoms with E-state index in [0.717, 1.165) is 6.41 Å². The number of ether oxygens (including phenoxy) is 1. The van der Waals surface area contributed by atoms with Crippen LogP contribution >= 0.6 is 0 Å². The van der Waals surface area contributed by atoms with E-state index in [1.807, 2.05) is 24.8 Å². The molecule has 1 atom stereocenters. The number of halogens is 1. The number of carbonyl (C=O) groups excluding carboxylic acids is 2. The predicted octanol–water partition coefficient (Wildman–Crippen LogP) is 5.94. The third kappa shape index (κ3) is 5.93. The molecule has 1 aromatic heterocycles. The summed E-state index contributed by atoms with van der Waals surface area (Å²) in [6, 6.07) is 17.5. The highest BCUT2D eigenvalue weighted by Crippen LogP contribution is 2.29. The lowest BCUT2D eigenvalue weighted by atomic mass is 10.1. The summed E-state index contributed by atoms with van der Waals surface area (Å²) >= 11 is 0. The van der Waals surface area contributed by atoms with Gasteiger partial charge in [0.15, 0.2) is 5.58 Å². The summed E-state index contributed by atoms with van der Waals surface area (Å²) in [7, 11) is 1.58. The molecule has 1 unspecified atom stereocenters. The van der Waals surface area contributed by atoms with E-state index in [0.29, 0.717) is 78.0 Å². The van der Waals surface area contributed by atoms with E-state index < -0.39 is 0 Å². The van der Waals surface area contributed by atoms with Gasteiger partial charge in [0.1, 0.15) is 22.8 Å². The number of carbonyl (C=O) groups is 2. The smallest absolute Gasteiger partial charge is 0.306 e. The Morgan fingerprint density at radius 1 is 1.15 bits per heavy atom. The molecule has 0 saturated heterocycles. The summed E-state index contributed by atoms with van der Waals surface area (Å²) in [4.78, 5) is 31.6. The first-order valence-electron chi connectivity index (χ1n) is 13.0. The number of aromatic nitrogens is 1. The minimum Gasteiger partial charge on any atom is -0.497 e. The maximum Gasteiger partial charge on any atom is 0.306 e. The van der Waals surface area contributed by atoms with Crippen LogP contribution in [0.2, 0.25) is 0 Å². The first-order chi connectivity index (χ1) is 18.8. The van der Waals surface area contributed by atoms with Crippen LogP contribution in [0.25, 0.3) is 11.1 Å². The summed E-state index contributed by atoms with van der Waals surface area (Å²) < 4.78 is 25.4. The van der Waals surface area contributed by atoms with Crippen molar-refractivity contribution in [2.24, 2.45) is 0 Å². The van der Waals surface area contributed by atoms with Crippen LogP contribution in [0, 0.1) is 12.7 Å². The zero-order valence-corrected chi connectivity index (χ0v) is 22.7. The molecule has 0 radical (unpaired) electrons. The van der Waals surface area contributed by atoms with Gasteiger partial charge in [-0.15, -0.1) is 0 Å². The Hall–Kier alpha value is -4.24. The zero-order valence-electron chi connectivity index (χ0n) is 22.7. The van der Waals surface area contributed by atoms with Crippen LogP contribution in [0.4, 0.5) is 21.8 Å². The van der Waals surface area contributed by atoms with Crippen LogP contribution < -0.4 is 19.4 Å². The highest BCUT2D eigenvalue weighted by atomic mass is 19.1. The zero-order chi connectivity index (χ0) is 28.0. The second kappa shape index (κ2) is 12.1. The maximum absolute atomic E-state index is 14.2. The van der Waals surface area contributed by atoms with E-state index in [4.69, 9.17) is 9.15 Å². The number of hydrogen-bond donors (Lipinski definition) is 1. The van der Waals surface area contributed by atoms with Crippen molar-refractivity contribution >= 4 is 40.8 Å². The van der Waals surface area contributed by atoms with Crippen molar-refractivity contribution in [1.29, 1.82) is 0 Å². The summed E-state index contributed by atoms with van der Waals surface area (Å²) in [5.74, 6) is 0.127. The number of oxazole rings is 1. The largest absolute Gasteiger partial charge is 0.497 e. The second-order valence-electron chi connectivity index (χ2n) is 9.36. The molecule has 0 aliphatic heterocycles. The van der Waals surface area contributed by atoms with Crippen molar-refractivity contribution in [2.75, 3.05) is 43.5 Å². The number of methoxy groups -OCH3 is 1. The molecule has 0 saturated carbocycles. The van der Waals surface area contributed by atoms with Crippen LogP contribution in [-0.4, -0.2) is 50.6 Å². The van der Waals surface area contributed by atoms with E-state index in [9.17, 15) is 14.0 Å². The number of fused-ring (bicyclic) bond motifs is 1. The molecule has 0 spiro atoms. The molecule has 3 aromatic carbocycles. The van der Waals surface area contributed by atoms with Crippen LogP contribution in [-0.2, 0) is 4.79 Å². The van der Waals surface area contributed by atoms with Gasteiger partial charge in [-0.3, -0.25) is 4.79 Å². The average molecular weight is 534 g/mol. The molecular weight excluding hydrogens is 499 g/mol. The van der Waals surface area contributed by atoms with Gasteiger partial charge in [0.25, 0.3) is 11.9 Å². The Morgan fingerprint density at radius 3 is 2.59 bits per heavy atom.